The van der Waals surface area contributed by atoms with E-state index in [1.54, 1.807) is 13.8 Å². The Bertz CT molecular complexity index is 7000. The Kier molecular flexibility index (Phi) is 24.6. The van der Waals surface area contributed by atoms with Crippen molar-refractivity contribution < 1.29 is 98.1 Å². The zero-order chi connectivity index (χ0) is 94.9. The molecule has 0 spiro atoms. The number of imide groups is 4. The van der Waals surface area contributed by atoms with Gasteiger partial charge in [0.2, 0.25) is 0 Å². The van der Waals surface area contributed by atoms with Gasteiger partial charge in [0, 0.05) is 61.3 Å². The number of anilines is 2. The monoisotopic (exact) mass is 1770 g/mol. The molecule has 2 aromatic heterocycles. The van der Waals surface area contributed by atoms with Crippen LogP contribution in [-0.4, -0.2) is 121 Å². The maximum absolute atomic E-state index is 14.7. The standard InChI is InChI=1S/C36H30N2O5.C34H23F3N2O7.C19H15F3N2O2.C13H10O.C2H6/c1-18-11-23(12-19(2)22(18)5)15-24-13-20(3)31(21(4)14-24)38-35(42)28-10-8-26(17-30(28)36(38)43)32(39)25-7-9-27-29(16-25)34(41)37(6)33(27)40;1-16-12-19(6-10-26(16)40)33(2,34(35,36)37)20-7-11-27(41)25(15-20)39-31(45)22-9-5-18(14-24(22)32(39)46)28(42)17-4-8-21-23(13-17)30(44)38(3)29(21)43;1-10-23-14-8-12(4-6-16(14)25-10)18(3,19(20,21)22)13-5-7-17-15(9-13)24-11(2)26-17;14-13(11-7-3-1-4-8-11)12-9-5-2-6-10-12;1-2/h7-14,16-17H,15H2,1-6H3;4-15,40-41H,1-3H3;4-9H,1-3H3;1-10H;1-2H3. The highest BCUT2D eigenvalue weighted by Gasteiger charge is 2.56. The lowest BCUT2D eigenvalue weighted by atomic mass is 9.75. The molecule has 21 nitrogen and oxygen atoms in total. The number of benzene rings is 12. The molecule has 8 amide bonds. The van der Waals surface area contributed by atoms with Crippen LogP contribution < -0.4 is 9.80 Å². The molecule has 0 saturated heterocycles. The molecule has 14 aromatic rings. The molecule has 0 radical (unpaired) electrons. The number of aromatic nitrogens is 2. The summed E-state index contributed by atoms with van der Waals surface area (Å²) in [7, 11) is 2.70. The van der Waals surface area contributed by atoms with Gasteiger partial charge in [0.15, 0.2) is 40.3 Å². The van der Waals surface area contributed by atoms with Crippen LogP contribution >= 0.6 is 0 Å². The maximum atomic E-state index is 14.7. The number of aryl methyl sites for hydroxylation is 7. The number of hydrogen-bond donors (Lipinski definition) is 2. The molecule has 27 heteroatoms. The summed E-state index contributed by atoms with van der Waals surface area (Å²) in [5, 5.41) is 20.6. The number of carbonyl (C=O) groups is 11. The molecule has 1 unspecified atom stereocenters. The molecule has 4 aliphatic rings. The van der Waals surface area contributed by atoms with E-state index in [1.807, 2.05) is 100 Å². The lowest BCUT2D eigenvalue weighted by Crippen LogP contribution is -2.41. The number of carbonyl (C=O) groups excluding carboxylic acids is 11. The van der Waals surface area contributed by atoms with E-state index in [0.29, 0.717) is 44.6 Å². The first-order valence-electron chi connectivity index (χ1n) is 41.4. The summed E-state index contributed by atoms with van der Waals surface area (Å²) in [5.74, 6) is -5.79. The molecule has 0 saturated carbocycles. The van der Waals surface area contributed by atoms with Crippen molar-refractivity contribution in [2.75, 3.05) is 23.9 Å². The summed E-state index contributed by atoms with van der Waals surface area (Å²) in [6.45, 7) is 21.0. The summed E-state index contributed by atoms with van der Waals surface area (Å²) >= 11 is 0. The van der Waals surface area contributed by atoms with E-state index in [1.165, 1.54) is 157 Å². The third-order valence-electron chi connectivity index (χ3n) is 24.1. The Morgan fingerprint density at radius 3 is 1.04 bits per heavy atom. The summed E-state index contributed by atoms with van der Waals surface area (Å²) < 4.78 is 97.6. The van der Waals surface area contributed by atoms with E-state index in [9.17, 15) is 89.3 Å². The smallest absolute Gasteiger partial charge is 0.402 e. The number of amides is 8. The van der Waals surface area contributed by atoms with Crippen LogP contribution in [0.1, 0.15) is 237 Å². The van der Waals surface area contributed by atoms with Crippen molar-refractivity contribution in [2.24, 2.45) is 0 Å². The Labute approximate surface area is 747 Å². The molecule has 12 aromatic carbocycles. The minimum absolute atomic E-state index is 0.0304. The number of fused-ring (bicyclic) bond motifs is 6. The molecule has 662 valence electrons. The van der Waals surface area contributed by atoms with Crippen LogP contribution in [0.5, 0.6) is 11.5 Å². The number of rotatable bonds is 14. The molecule has 0 aliphatic carbocycles. The highest BCUT2D eigenvalue weighted by atomic mass is 19.4. The number of phenols is 2. The topological polar surface area (TPSA) is 293 Å². The first kappa shape index (κ1) is 91.5. The zero-order valence-corrected chi connectivity index (χ0v) is 73.3. The van der Waals surface area contributed by atoms with Crippen LogP contribution in [0, 0.1) is 55.4 Å². The molecule has 6 heterocycles. The zero-order valence-electron chi connectivity index (χ0n) is 73.3. The van der Waals surface area contributed by atoms with E-state index in [0.717, 1.165) is 94.3 Å². The van der Waals surface area contributed by atoms with E-state index >= 15 is 0 Å². The second-order valence-corrected chi connectivity index (χ2v) is 32.4. The minimum Gasteiger partial charge on any atom is -0.508 e. The summed E-state index contributed by atoms with van der Waals surface area (Å²) in [5.41, 5.74) is 6.83. The Hall–Kier alpha value is -15.7. The van der Waals surface area contributed by atoms with Gasteiger partial charge in [-0.1, -0.05) is 153 Å². The van der Waals surface area contributed by atoms with Crippen molar-refractivity contribution in [1.82, 2.24) is 19.8 Å². The van der Waals surface area contributed by atoms with Crippen LogP contribution in [0.3, 0.4) is 0 Å². The second-order valence-electron chi connectivity index (χ2n) is 32.4. The van der Waals surface area contributed by atoms with Gasteiger partial charge in [-0.05, 0) is 220 Å². The van der Waals surface area contributed by atoms with Crippen molar-refractivity contribution in [3.8, 4) is 11.5 Å². The van der Waals surface area contributed by atoms with Gasteiger partial charge in [0.05, 0.1) is 55.9 Å². The van der Waals surface area contributed by atoms with Gasteiger partial charge in [-0.3, -0.25) is 62.5 Å². The van der Waals surface area contributed by atoms with Crippen molar-refractivity contribution in [1.29, 1.82) is 0 Å². The number of oxazole rings is 2. The number of alkyl halides is 6. The van der Waals surface area contributed by atoms with Gasteiger partial charge in [0.1, 0.15) is 33.4 Å². The number of ketones is 3. The summed E-state index contributed by atoms with van der Waals surface area (Å²) in [6.07, 6.45) is -8.67. The first-order valence-corrected chi connectivity index (χ1v) is 41.4. The Balaban J connectivity index is 0.000000150. The van der Waals surface area contributed by atoms with Crippen molar-refractivity contribution >= 4 is 98.2 Å². The minimum atomic E-state index is -4.88. The number of aromatic hydroxyl groups is 2. The molecule has 18 rings (SSSR count). The highest BCUT2D eigenvalue weighted by molar-refractivity contribution is 6.37. The van der Waals surface area contributed by atoms with Crippen LogP contribution in [0.4, 0.5) is 37.7 Å². The molecule has 2 N–H and O–H groups in total. The third-order valence-corrected chi connectivity index (χ3v) is 24.1. The molecule has 4 aliphatic heterocycles. The third kappa shape index (κ3) is 16.7. The Morgan fingerprint density at radius 1 is 0.336 bits per heavy atom. The largest absolute Gasteiger partial charge is 0.508 e. The molecule has 1 atom stereocenters. The normalized spacial score (nSPS) is 13.8. The van der Waals surface area contributed by atoms with E-state index in [2.05, 4.69) is 42.9 Å². The fourth-order valence-electron chi connectivity index (χ4n) is 16.5. The number of hydrogen-bond acceptors (Lipinski definition) is 17. The number of phenolic OH excluding ortho intramolecular Hbond substituents is 2. The quantitative estimate of drug-likeness (QED) is 0.0581. The highest BCUT2D eigenvalue weighted by Crippen LogP contribution is 2.51. The number of nitrogens with zero attached hydrogens (tertiary/aromatic N) is 6. The second kappa shape index (κ2) is 35.2. The van der Waals surface area contributed by atoms with E-state index in [-0.39, 0.29) is 106 Å². The molecule has 0 bridgehead atoms. The van der Waals surface area contributed by atoms with Gasteiger partial charge in [-0.15, -0.1) is 0 Å². The SMILES string of the molecule is CC.Cc1cc(C(C)(c2ccc(O)c(N3C(=O)c4ccc(C(=O)c5ccc6c(c5)C(=O)N(C)C6=O)cc4C3=O)c2)C(F)(F)F)ccc1O.Cc1cc(Cc2cc(C)c(N3C(=O)c4ccc(C(=O)c5ccc6c(c5)C(=O)N(C)C6=O)cc4C3=O)c(C)c2)cc(C)c1C.Cc1nc2cc(C(C)(c3ccc4oc(C)nc4c3)C(F)(F)F)ccc2o1.O=C(c1ccccc1)c1ccccc1. The van der Waals surface area contributed by atoms with Gasteiger partial charge < -0.3 is 19.0 Å². The average molecular weight is 1770 g/mol. The van der Waals surface area contributed by atoms with Gasteiger partial charge >= 0.3 is 12.4 Å². The summed E-state index contributed by atoms with van der Waals surface area (Å²) in [4.78, 5) is 154. The first-order chi connectivity index (χ1) is 62.0. The predicted octanol–water partition coefficient (Wildman–Crippen LogP) is 21.0. The lowest BCUT2D eigenvalue weighted by molar-refractivity contribution is -0.173. The van der Waals surface area contributed by atoms with Crippen LogP contribution in [-0.2, 0) is 17.3 Å². The Morgan fingerprint density at radius 2 is 0.649 bits per heavy atom. The van der Waals surface area contributed by atoms with Crippen LogP contribution in [0.2, 0.25) is 0 Å². The van der Waals surface area contributed by atoms with Gasteiger partial charge in [-0.25, -0.2) is 19.8 Å². The van der Waals surface area contributed by atoms with E-state index in [4.69, 9.17) is 8.83 Å². The average Bonchev–Trinajstić information content (AvgIpc) is 1.61. The van der Waals surface area contributed by atoms with Crippen LogP contribution in [0.25, 0.3) is 22.2 Å². The molecular weight excluding hydrogens is 1690 g/mol. The van der Waals surface area contributed by atoms with Gasteiger partial charge in [-0.2, -0.15) is 26.3 Å². The van der Waals surface area contributed by atoms with E-state index < -0.39 is 93.4 Å². The fourth-order valence-corrected chi connectivity index (χ4v) is 16.5. The summed E-state index contributed by atoms with van der Waals surface area (Å²) in [6, 6.07) is 58.6. The van der Waals surface area contributed by atoms with Gasteiger partial charge in [0.25, 0.3) is 47.3 Å². The van der Waals surface area contributed by atoms with Crippen molar-refractivity contribution in [3.05, 3.63) is 387 Å². The molecular formula is C104H84F6N6O15. The lowest BCUT2D eigenvalue weighted by Gasteiger charge is -2.34. The number of halogens is 6. The van der Waals surface area contributed by atoms with Crippen molar-refractivity contribution in [2.45, 2.75) is 113 Å². The van der Waals surface area contributed by atoms with Crippen molar-refractivity contribution in [3.63, 3.8) is 0 Å². The van der Waals surface area contributed by atoms with Crippen LogP contribution in [0.15, 0.2) is 239 Å². The molecule has 131 heavy (non-hydrogen) atoms. The predicted molar refractivity (Wildman–Crippen MR) is 478 cm³/mol. The fraction of sp³-hybridized carbons (Fsp3) is 0.183. The molecule has 0 fully saturated rings. The maximum Gasteiger partial charge on any atom is 0.402 e.